The Bertz CT molecular complexity index is 1070. The number of methoxy groups -OCH3 is 1. The lowest BCUT2D eigenvalue weighted by Crippen LogP contribution is -2.43. The van der Waals surface area contributed by atoms with Crippen LogP contribution in [0.2, 0.25) is 0 Å². The van der Waals surface area contributed by atoms with E-state index in [0.29, 0.717) is 5.56 Å². The number of alkyl halides is 3. The molecule has 3 amide bonds. The van der Waals surface area contributed by atoms with E-state index in [1.54, 1.807) is 31.2 Å². The van der Waals surface area contributed by atoms with Crippen molar-refractivity contribution in [3.63, 3.8) is 0 Å². The monoisotopic (exact) mass is 478 g/mol. The Morgan fingerprint density at radius 2 is 1.79 bits per heavy atom. The van der Waals surface area contributed by atoms with Crippen LogP contribution in [0.4, 0.5) is 13.2 Å². The Balaban J connectivity index is 1.84. The third-order valence-corrected chi connectivity index (χ3v) is 5.72. The molecule has 2 aromatic rings. The number of aryl methyl sites for hydroxylation is 1. The summed E-state index contributed by atoms with van der Waals surface area (Å²) in [5.41, 5.74) is 0.00856. The second kappa shape index (κ2) is 10.3. The van der Waals surface area contributed by atoms with Gasteiger partial charge in [-0.3, -0.25) is 19.3 Å². The predicted octanol–water partition coefficient (Wildman–Crippen LogP) is 3.24. The Morgan fingerprint density at radius 1 is 1.12 bits per heavy atom. The molecule has 1 atom stereocenters. The van der Waals surface area contributed by atoms with E-state index in [4.69, 9.17) is 4.74 Å². The van der Waals surface area contributed by atoms with Crippen molar-refractivity contribution >= 4 is 17.7 Å². The number of carbonyl (C=O) groups is 3. The van der Waals surface area contributed by atoms with Crippen LogP contribution in [-0.2, 0) is 31.1 Å². The van der Waals surface area contributed by atoms with E-state index in [1.807, 2.05) is 0 Å². The topological polar surface area (TPSA) is 84.9 Å². The molecule has 1 N–H and O–H groups in total. The number of hydrogen-bond donors (Lipinski definition) is 1. The fourth-order valence-electron chi connectivity index (χ4n) is 4.17. The van der Waals surface area contributed by atoms with Crippen LogP contribution in [-0.4, -0.2) is 49.2 Å². The minimum Gasteiger partial charge on any atom is -0.405 e. The van der Waals surface area contributed by atoms with Crippen molar-refractivity contribution in [2.75, 3.05) is 20.3 Å². The van der Waals surface area contributed by atoms with E-state index in [2.05, 4.69) is 10.1 Å². The van der Waals surface area contributed by atoms with Gasteiger partial charge in [-0.1, -0.05) is 42.5 Å². The molecule has 0 aromatic heterocycles. The van der Waals surface area contributed by atoms with Gasteiger partial charge in [-0.05, 0) is 24.1 Å². The summed E-state index contributed by atoms with van der Waals surface area (Å²) in [6, 6.07) is 12.5. The van der Waals surface area contributed by atoms with Gasteiger partial charge in [0.05, 0.1) is 18.6 Å². The summed E-state index contributed by atoms with van der Waals surface area (Å²) >= 11 is 0. The molecule has 0 aliphatic carbocycles. The molecule has 0 radical (unpaired) electrons. The molecule has 1 unspecified atom stereocenters. The molecule has 10 heteroatoms. The molecular weight excluding hydrogens is 453 g/mol. The lowest BCUT2D eigenvalue weighted by molar-refractivity contribution is -0.274. The lowest BCUT2D eigenvalue weighted by atomic mass is 9.74. The average Bonchev–Trinajstić information content (AvgIpc) is 3.00. The third-order valence-electron chi connectivity index (χ3n) is 5.72. The van der Waals surface area contributed by atoms with Gasteiger partial charge in [-0.15, -0.1) is 13.2 Å². The molecule has 1 aliphatic rings. The van der Waals surface area contributed by atoms with Gasteiger partial charge in [0, 0.05) is 32.1 Å². The maximum absolute atomic E-state index is 13.4. The zero-order chi connectivity index (χ0) is 24.9. The summed E-state index contributed by atoms with van der Waals surface area (Å²) in [7, 11) is 1.45. The summed E-state index contributed by atoms with van der Waals surface area (Å²) in [5.74, 6) is -1.93. The first-order valence-corrected chi connectivity index (χ1v) is 10.6. The highest BCUT2D eigenvalue weighted by Gasteiger charge is 2.54. The van der Waals surface area contributed by atoms with Crippen molar-refractivity contribution in [1.82, 2.24) is 10.2 Å². The van der Waals surface area contributed by atoms with Crippen LogP contribution >= 0.6 is 0 Å². The number of para-hydroxylation sites is 1. The second-order valence-corrected chi connectivity index (χ2v) is 8.03. The third kappa shape index (κ3) is 5.56. The minimum atomic E-state index is -4.88. The number of rotatable bonds is 9. The average molecular weight is 478 g/mol. The summed E-state index contributed by atoms with van der Waals surface area (Å²) < 4.78 is 47.0. The fraction of sp³-hybridized carbons (Fsp3) is 0.375. The molecule has 7 nitrogen and oxygen atoms in total. The van der Waals surface area contributed by atoms with Crippen LogP contribution in [0.25, 0.3) is 0 Å². The summed E-state index contributed by atoms with van der Waals surface area (Å²) in [6.45, 7) is 1.76. The predicted molar refractivity (Wildman–Crippen MR) is 116 cm³/mol. The smallest absolute Gasteiger partial charge is 0.405 e. The van der Waals surface area contributed by atoms with Crippen molar-refractivity contribution in [2.45, 2.75) is 38.1 Å². The zero-order valence-electron chi connectivity index (χ0n) is 18.8. The SMILES string of the molecule is COCCN1C(=O)CC(CC(=O)NCc2ccccc2OC(F)(F)F)(c2ccccc2C)C1=O. The number of amides is 3. The van der Waals surface area contributed by atoms with Gasteiger partial charge in [0.15, 0.2) is 0 Å². The molecule has 1 saturated heterocycles. The van der Waals surface area contributed by atoms with Crippen LogP contribution in [0.1, 0.15) is 29.5 Å². The van der Waals surface area contributed by atoms with Gasteiger partial charge in [-0.25, -0.2) is 0 Å². The van der Waals surface area contributed by atoms with Crippen LogP contribution in [0.15, 0.2) is 48.5 Å². The molecule has 1 heterocycles. The van der Waals surface area contributed by atoms with E-state index >= 15 is 0 Å². The van der Waals surface area contributed by atoms with Crippen LogP contribution < -0.4 is 10.1 Å². The van der Waals surface area contributed by atoms with Gasteiger partial charge in [0.25, 0.3) is 0 Å². The first-order valence-electron chi connectivity index (χ1n) is 10.6. The van der Waals surface area contributed by atoms with Crippen LogP contribution in [0, 0.1) is 6.92 Å². The highest BCUT2D eigenvalue weighted by Crippen LogP contribution is 2.41. The molecule has 0 spiro atoms. The Morgan fingerprint density at radius 3 is 2.47 bits per heavy atom. The van der Waals surface area contributed by atoms with Crippen LogP contribution in [0.5, 0.6) is 5.75 Å². The summed E-state index contributed by atoms with van der Waals surface area (Å²) in [6.07, 6.45) is -5.41. The second-order valence-electron chi connectivity index (χ2n) is 8.03. The number of nitrogens with one attached hydrogen (secondary N) is 1. The molecule has 182 valence electrons. The molecule has 0 bridgehead atoms. The Hall–Kier alpha value is -3.40. The summed E-state index contributed by atoms with van der Waals surface area (Å²) in [4.78, 5) is 40.2. The van der Waals surface area contributed by atoms with Crippen molar-refractivity contribution in [3.8, 4) is 5.75 Å². The fourth-order valence-corrected chi connectivity index (χ4v) is 4.17. The quantitative estimate of drug-likeness (QED) is 0.560. The highest BCUT2D eigenvalue weighted by molar-refractivity contribution is 6.11. The van der Waals surface area contributed by atoms with Crippen LogP contribution in [0.3, 0.4) is 0 Å². The molecule has 0 saturated carbocycles. The van der Waals surface area contributed by atoms with Crippen molar-refractivity contribution in [1.29, 1.82) is 0 Å². The standard InChI is InChI=1S/C24H25F3N2O5/c1-16-7-3-5-9-18(16)23(14-21(31)29(22(23)32)11-12-33-2)13-20(30)28-15-17-8-4-6-10-19(17)34-24(25,26)27/h3-10H,11-15H2,1-2H3,(H,28,30). The van der Waals surface area contributed by atoms with Crippen molar-refractivity contribution < 1.29 is 37.0 Å². The van der Waals surface area contributed by atoms with E-state index in [1.165, 1.54) is 25.3 Å². The molecular formula is C24H25F3N2O5. The normalized spacial score (nSPS) is 18.3. The first kappa shape index (κ1) is 25.2. The summed E-state index contributed by atoms with van der Waals surface area (Å²) in [5, 5.41) is 2.57. The number of ether oxygens (including phenoxy) is 2. The number of nitrogens with zero attached hydrogens (tertiary/aromatic N) is 1. The largest absolute Gasteiger partial charge is 0.573 e. The lowest BCUT2D eigenvalue weighted by Gasteiger charge is -2.28. The number of halogens is 3. The maximum atomic E-state index is 13.4. The maximum Gasteiger partial charge on any atom is 0.573 e. The highest BCUT2D eigenvalue weighted by atomic mass is 19.4. The van der Waals surface area contributed by atoms with Gasteiger partial charge in [0.2, 0.25) is 17.7 Å². The van der Waals surface area contributed by atoms with Gasteiger partial charge >= 0.3 is 6.36 Å². The number of benzene rings is 2. The molecule has 1 aliphatic heterocycles. The van der Waals surface area contributed by atoms with Gasteiger partial charge in [0.1, 0.15) is 5.75 Å². The minimum absolute atomic E-state index is 0.0611. The molecule has 3 rings (SSSR count). The number of carbonyl (C=O) groups excluding carboxylic acids is 3. The molecule has 2 aromatic carbocycles. The number of likely N-dealkylation sites (tertiary alicyclic amines) is 1. The van der Waals surface area contributed by atoms with E-state index < -0.39 is 35.2 Å². The van der Waals surface area contributed by atoms with E-state index in [-0.39, 0.29) is 38.1 Å². The van der Waals surface area contributed by atoms with Crippen molar-refractivity contribution in [3.05, 3.63) is 65.2 Å². The van der Waals surface area contributed by atoms with Gasteiger partial charge < -0.3 is 14.8 Å². The van der Waals surface area contributed by atoms with E-state index in [0.717, 1.165) is 16.5 Å². The first-order chi connectivity index (χ1) is 16.1. The molecule has 1 fully saturated rings. The molecule has 34 heavy (non-hydrogen) atoms. The van der Waals surface area contributed by atoms with E-state index in [9.17, 15) is 27.6 Å². The number of hydrogen-bond acceptors (Lipinski definition) is 5. The Labute approximate surface area is 194 Å². The zero-order valence-corrected chi connectivity index (χ0v) is 18.8. The number of imide groups is 1. The van der Waals surface area contributed by atoms with Crippen molar-refractivity contribution in [2.24, 2.45) is 0 Å². The Kier molecular flexibility index (Phi) is 7.61. The van der Waals surface area contributed by atoms with Gasteiger partial charge in [-0.2, -0.15) is 0 Å².